The third-order valence-corrected chi connectivity index (χ3v) is 22.8. The van der Waals surface area contributed by atoms with E-state index in [9.17, 15) is 29.4 Å². The zero-order chi connectivity index (χ0) is 55.0. The number of carbonyl (C=O) groups excluding carboxylic acids is 6. The third kappa shape index (κ3) is 9.76. The number of Topliss-reactive ketones (excluding diaryl/α,β-unsaturated/α-hetero) is 1. The second-order valence-corrected chi connectivity index (χ2v) is 27.3. The number of benzene rings is 4. The van der Waals surface area contributed by atoms with Crippen molar-refractivity contribution in [3.63, 3.8) is 0 Å². The maximum Gasteiger partial charge on any atom is 0.365 e. The number of thioether (sulfide) groups is 1. The minimum atomic E-state index is -2.64. The average Bonchev–Trinajstić information content (AvgIpc) is 3.40. The minimum Gasteiger partial charge on any atom is -0.455 e. The summed E-state index contributed by atoms with van der Waals surface area (Å²) in [5.41, 5.74) is -6.74. The Morgan fingerprint density at radius 2 is 1.36 bits per heavy atom. The van der Waals surface area contributed by atoms with Crippen LogP contribution in [0.2, 0.25) is 18.1 Å². The first-order valence-corrected chi connectivity index (χ1v) is 29.4. The number of carbonyl (C=O) groups is 6. The number of hydrogen-bond donors (Lipinski definition) is 3. The van der Waals surface area contributed by atoms with E-state index in [4.69, 9.17) is 28.1 Å². The molecule has 404 valence electrons. The summed E-state index contributed by atoms with van der Waals surface area (Å²) in [7, 11) is -2.64. The van der Waals surface area contributed by atoms with E-state index < -0.39 is 120 Å². The van der Waals surface area contributed by atoms with Crippen molar-refractivity contribution in [1.82, 2.24) is 5.32 Å². The zero-order valence-electron chi connectivity index (χ0n) is 44.5. The van der Waals surface area contributed by atoms with E-state index in [2.05, 4.69) is 5.32 Å². The monoisotopic (exact) mass is 1080 g/mol. The highest BCUT2D eigenvalue weighted by atomic mass is 32.2. The normalized spacial score (nSPS) is 28.8. The molecule has 8 rings (SSSR count). The lowest BCUT2D eigenvalue weighted by Gasteiger charge is -2.68. The Morgan fingerprint density at radius 3 is 1.88 bits per heavy atom. The maximum absolute atomic E-state index is 16.2. The van der Waals surface area contributed by atoms with Gasteiger partial charge in [0.25, 0.3) is 10.8 Å². The van der Waals surface area contributed by atoms with Crippen LogP contribution in [0.25, 0.3) is 0 Å². The molecule has 17 heteroatoms. The first-order chi connectivity index (χ1) is 36.1. The molecule has 2 bridgehead atoms. The molecule has 1 amide bonds. The standard InChI is InChI=1S/C59H69NO14SSi/c1-10-76(11-2,12-3)74-44-33-45-57(35-69-45,72-37(5)61)48-51(71-53(66)41-29-21-15-22-30-41)58(68)34-43(36(4)46(55(58,7)8)47(63)50(64)56(44,48)9)70-54(67)59(73-38(6)62,75-42-31-23-16-24-32-42)49(39-25-17-13-18-26-39)60-52(65)40-27-19-14-20-28-40/h13-32,43-45,47-49,51,63,68H,10-12,33-35H2,1-9H3,(H,60,65)/t43-,44-,45+,47+,48?,49-,51-,56+,57-,58+,59+/m0/s1. The van der Waals surface area contributed by atoms with Crippen LogP contribution >= 0.6 is 11.8 Å². The number of hydrogen-bond acceptors (Lipinski definition) is 15. The van der Waals surface area contributed by atoms with Crippen LogP contribution in [-0.4, -0.2) is 107 Å². The molecule has 0 spiro atoms. The summed E-state index contributed by atoms with van der Waals surface area (Å²) in [5, 5.41) is 30.4. The van der Waals surface area contributed by atoms with Gasteiger partial charge in [-0.3, -0.25) is 19.2 Å². The number of ketones is 1. The van der Waals surface area contributed by atoms with Gasteiger partial charge in [-0.25, -0.2) is 9.59 Å². The number of amides is 1. The molecule has 1 saturated heterocycles. The topological polar surface area (TPSA) is 210 Å². The van der Waals surface area contributed by atoms with Crippen molar-refractivity contribution < 1.29 is 67.1 Å². The Bertz CT molecular complexity index is 2840. The number of ether oxygens (including phenoxy) is 5. The summed E-state index contributed by atoms with van der Waals surface area (Å²) in [6, 6.07) is 34.1. The number of rotatable bonds is 17. The molecule has 3 fully saturated rings. The van der Waals surface area contributed by atoms with Crippen molar-refractivity contribution in [2.24, 2.45) is 16.7 Å². The SMILES string of the molecule is CC[Si](CC)(CC)O[C@H]1C[C@H]2OC[C@@]2(OC(C)=O)C2[C@H](OC(=O)c3ccccc3)[C@]3(O)C[C@H](OC(=O)[C@](OC(C)=O)(Sc4ccccc4)[C@@H](NC(=O)c4ccccc4)c4ccccc4)C(C)=C([C@@H](O)C(=O)[C@@]21C)C3(C)C. The molecule has 0 radical (unpaired) electrons. The van der Waals surface area contributed by atoms with Gasteiger partial charge in [0, 0.05) is 42.6 Å². The third-order valence-electron chi connectivity index (χ3n) is 16.9. The lowest BCUT2D eigenvalue weighted by atomic mass is 9.44. The molecule has 4 aromatic rings. The predicted octanol–water partition coefficient (Wildman–Crippen LogP) is 8.89. The van der Waals surface area contributed by atoms with Gasteiger partial charge in [-0.2, -0.15) is 0 Å². The fourth-order valence-corrected chi connectivity index (χ4v) is 16.7. The molecule has 11 atom stereocenters. The lowest BCUT2D eigenvalue weighted by molar-refractivity contribution is -0.344. The summed E-state index contributed by atoms with van der Waals surface area (Å²) >= 11 is 0.819. The summed E-state index contributed by atoms with van der Waals surface area (Å²) in [6.07, 6.45) is -7.68. The van der Waals surface area contributed by atoms with Crippen molar-refractivity contribution in [3.05, 3.63) is 149 Å². The number of fused-ring (bicyclic) bond motifs is 5. The second-order valence-electron chi connectivity index (χ2n) is 21.3. The van der Waals surface area contributed by atoms with Crippen LogP contribution in [0.3, 0.4) is 0 Å². The van der Waals surface area contributed by atoms with Crippen molar-refractivity contribution in [2.75, 3.05) is 6.61 Å². The molecule has 0 aromatic heterocycles. The van der Waals surface area contributed by atoms with Crippen LogP contribution in [0, 0.1) is 16.7 Å². The van der Waals surface area contributed by atoms with Crippen molar-refractivity contribution in [3.8, 4) is 0 Å². The fraction of sp³-hybridized carbons (Fsp3) is 0.458. The molecule has 2 saturated carbocycles. The Hall–Kier alpha value is -5.95. The highest BCUT2D eigenvalue weighted by molar-refractivity contribution is 8.01. The highest BCUT2D eigenvalue weighted by Crippen LogP contribution is 2.65. The Morgan fingerprint density at radius 1 is 0.803 bits per heavy atom. The molecular weight excluding hydrogens is 1010 g/mol. The van der Waals surface area contributed by atoms with Crippen LogP contribution in [-0.2, 0) is 47.3 Å². The number of esters is 4. The predicted molar refractivity (Wildman–Crippen MR) is 285 cm³/mol. The van der Waals surface area contributed by atoms with Crippen LogP contribution < -0.4 is 5.32 Å². The largest absolute Gasteiger partial charge is 0.455 e. The van der Waals surface area contributed by atoms with Gasteiger partial charge in [0.05, 0.1) is 29.6 Å². The summed E-state index contributed by atoms with van der Waals surface area (Å²) in [6.45, 7) is 14.7. The van der Waals surface area contributed by atoms with Crippen molar-refractivity contribution >= 4 is 55.6 Å². The molecule has 76 heavy (non-hydrogen) atoms. The van der Waals surface area contributed by atoms with Gasteiger partial charge in [-0.1, -0.05) is 131 Å². The van der Waals surface area contributed by atoms with Gasteiger partial charge in [0.1, 0.15) is 36.1 Å². The molecular formula is C59H69NO14SSi. The van der Waals surface area contributed by atoms with Gasteiger partial charge in [0.15, 0.2) is 19.7 Å². The first-order valence-electron chi connectivity index (χ1n) is 26.0. The summed E-state index contributed by atoms with van der Waals surface area (Å²) in [5.74, 6) is -6.49. The second kappa shape index (κ2) is 21.8. The Labute approximate surface area is 449 Å². The van der Waals surface area contributed by atoms with Crippen molar-refractivity contribution in [2.45, 2.75) is 151 Å². The fourth-order valence-electron chi connectivity index (χ4n) is 12.5. The Balaban J connectivity index is 1.36. The molecule has 4 aromatic carbocycles. The van der Waals surface area contributed by atoms with E-state index >= 15 is 9.59 Å². The van der Waals surface area contributed by atoms with E-state index in [0.717, 1.165) is 18.7 Å². The smallest absolute Gasteiger partial charge is 0.365 e. The average molecular weight is 1080 g/mol. The number of aliphatic hydroxyl groups is 2. The summed E-state index contributed by atoms with van der Waals surface area (Å²) < 4.78 is 39.6. The van der Waals surface area contributed by atoms with Gasteiger partial charge in [-0.15, -0.1) is 0 Å². The molecule has 1 aliphatic heterocycles. The lowest BCUT2D eigenvalue weighted by Crippen LogP contribution is -2.82. The van der Waals surface area contributed by atoms with Crippen molar-refractivity contribution in [1.29, 1.82) is 0 Å². The van der Waals surface area contributed by atoms with Crippen LogP contribution in [0.1, 0.15) is 107 Å². The zero-order valence-corrected chi connectivity index (χ0v) is 46.3. The minimum absolute atomic E-state index is 0.00692. The molecule has 4 aliphatic rings. The van der Waals surface area contributed by atoms with Gasteiger partial charge < -0.3 is 43.6 Å². The van der Waals surface area contributed by atoms with Crippen LogP contribution in [0.15, 0.2) is 137 Å². The van der Waals surface area contributed by atoms with Gasteiger partial charge >= 0.3 is 23.9 Å². The van der Waals surface area contributed by atoms with Crippen LogP contribution in [0.4, 0.5) is 0 Å². The van der Waals surface area contributed by atoms with E-state index in [1.165, 1.54) is 6.92 Å². The van der Waals surface area contributed by atoms with E-state index in [1.54, 1.807) is 149 Å². The molecule has 1 unspecified atom stereocenters. The van der Waals surface area contributed by atoms with Gasteiger partial charge in [-0.05, 0) is 85.1 Å². The van der Waals surface area contributed by atoms with Gasteiger partial charge in [0.2, 0.25) is 0 Å². The van der Waals surface area contributed by atoms with E-state index in [-0.39, 0.29) is 35.3 Å². The molecule has 3 aliphatic carbocycles. The van der Waals surface area contributed by atoms with E-state index in [1.807, 2.05) is 20.8 Å². The van der Waals surface area contributed by atoms with E-state index in [0.29, 0.717) is 28.6 Å². The quantitative estimate of drug-likeness (QED) is 0.0225. The maximum atomic E-state index is 16.2. The molecule has 1 heterocycles. The number of aliphatic hydroxyl groups excluding tert-OH is 1. The van der Waals surface area contributed by atoms with Crippen LogP contribution in [0.5, 0.6) is 0 Å². The number of nitrogens with one attached hydrogen (secondary N) is 1. The summed E-state index contributed by atoms with van der Waals surface area (Å²) in [4.78, 5) is 86.5. The Kier molecular flexibility index (Phi) is 16.2. The molecule has 15 nitrogen and oxygen atoms in total. The molecule has 3 N–H and O–H groups in total. The first kappa shape index (κ1) is 56.3. The highest BCUT2D eigenvalue weighted by Gasteiger charge is 2.78.